The van der Waals surface area contributed by atoms with Crippen LogP contribution in [0.25, 0.3) is 0 Å². The zero-order valence-electron chi connectivity index (χ0n) is 22.1. The largest absolute Gasteiger partial charge is 0.506 e. The summed E-state index contributed by atoms with van der Waals surface area (Å²) in [7, 11) is -7.18. The molecule has 0 aliphatic heterocycles. The Labute approximate surface area is 247 Å². The van der Waals surface area contributed by atoms with Gasteiger partial charge in [0.05, 0.1) is 37.0 Å². The summed E-state index contributed by atoms with van der Waals surface area (Å²) >= 11 is 0. The highest BCUT2D eigenvalue weighted by atomic mass is 35.5. The normalized spacial score (nSPS) is 11.2. The average molecular weight is 644 g/mol. The molecular weight excluding hydrogens is 607 g/mol. The van der Waals surface area contributed by atoms with E-state index in [0.717, 1.165) is 38.2 Å². The van der Waals surface area contributed by atoms with Gasteiger partial charge in [0.15, 0.2) is 11.6 Å². The Kier molecular flexibility index (Phi) is 16.1. The monoisotopic (exact) mass is 642 g/mol. The first-order chi connectivity index (χ1) is 17.7. The Hall–Kier alpha value is -2.62. The van der Waals surface area contributed by atoms with E-state index < -0.39 is 20.0 Å². The highest BCUT2D eigenvalue weighted by Crippen LogP contribution is 2.26. The summed E-state index contributed by atoms with van der Waals surface area (Å²) in [5.74, 6) is -1.00. The van der Waals surface area contributed by atoms with Crippen LogP contribution in [0.3, 0.4) is 0 Å². The van der Waals surface area contributed by atoms with Gasteiger partial charge in [-0.25, -0.2) is 16.8 Å². The summed E-state index contributed by atoms with van der Waals surface area (Å²) in [6, 6.07) is 7.98. The van der Waals surface area contributed by atoms with Gasteiger partial charge in [0.2, 0.25) is 20.0 Å². The van der Waals surface area contributed by atoms with Gasteiger partial charge >= 0.3 is 0 Å². The van der Waals surface area contributed by atoms with Crippen molar-refractivity contribution in [3.8, 4) is 11.5 Å². The maximum absolute atomic E-state index is 12.3. The fourth-order valence-corrected chi connectivity index (χ4v) is 4.57. The van der Waals surface area contributed by atoms with Crippen molar-refractivity contribution in [2.75, 3.05) is 48.1 Å². The number of carbonyl (C=O) groups is 2. The summed E-state index contributed by atoms with van der Waals surface area (Å²) in [6.45, 7) is 1.39. The fourth-order valence-electron chi connectivity index (χ4n) is 3.44. The Bertz CT molecular complexity index is 1250. The molecule has 0 bridgehead atoms. The second kappa shape index (κ2) is 17.3. The Morgan fingerprint density at radius 2 is 1.00 bits per heavy atom. The number of carbonyl (C=O) groups excluding carboxylic acids is 2. The minimum atomic E-state index is -3.59. The van der Waals surface area contributed by atoms with E-state index in [2.05, 4.69) is 20.1 Å². The van der Waals surface area contributed by atoms with Crippen molar-refractivity contribution >= 4 is 67.8 Å². The molecule has 0 fully saturated rings. The highest BCUT2D eigenvalue weighted by molar-refractivity contribution is 7.92. The van der Waals surface area contributed by atoms with Crippen LogP contribution in [-0.2, 0) is 20.0 Å². The highest BCUT2D eigenvalue weighted by Gasteiger charge is 2.13. The Balaban J connectivity index is 0.00000760. The SMILES string of the molecule is CS(=O)(=O)Nc1cc(C(=O)CNCCCCCCNCC(=O)c2ccc(O)c(NS(C)(=O)=O)c2)ccc1O.Cl.Cl. The number of unbranched alkanes of at least 4 members (excludes halogenated alkanes) is 3. The number of aromatic hydroxyl groups is 2. The van der Waals surface area contributed by atoms with Crippen LogP contribution >= 0.6 is 24.8 Å². The lowest BCUT2D eigenvalue weighted by Gasteiger charge is -2.10. The molecule has 226 valence electrons. The third-order valence-corrected chi connectivity index (χ3v) is 6.44. The molecule has 0 unspecified atom stereocenters. The second-order valence-corrected chi connectivity index (χ2v) is 12.3. The van der Waals surface area contributed by atoms with Gasteiger partial charge in [-0.15, -0.1) is 24.8 Å². The van der Waals surface area contributed by atoms with Crippen molar-refractivity contribution in [2.45, 2.75) is 25.7 Å². The zero-order valence-corrected chi connectivity index (χ0v) is 25.4. The van der Waals surface area contributed by atoms with E-state index in [0.29, 0.717) is 13.1 Å². The number of sulfonamides is 2. The standard InChI is InChI=1S/C24H34N4O8S2.2ClH/c1-37(33,34)27-19-13-17(7-9-21(19)29)23(31)15-25-11-5-3-4-6-12-26-16-24(32)18-8-10-22(30)20(14-18)28-38(2,35)36;;/h7-10,13-14,25-30H,3-6,11-12,15-16H2,1-2H3;2*1H. The summed E-state index contributed by atoms with van der Waals surface area (Å²) < 4.78 is 49.8. The van der Waals surface area contributed by atoms with E-state index in [9.17, 15) is 36.6 Å². The van der Waals surface area contributed by atoms with Gasteiger partial charge in [-0.3, -0.25) is 19.0 Å². The van der Waals surface area contributed by atoms with Gasteiger partial charge in [0, 0.05) is 11.1 Å². The van der Waals surface area contributed by atoms with Crippen LogP contribution in [0.5, 0.6) is 11.5 Å². The lowest BCUT2D eigenvalue weighted by Crippen LogP contribution is -2.25. The molecule has 6 N–H and O–H groups in total. The molecule has 16 heteroatoms. The van der Waals surface area contributed by atoms with Crippen LogP contribution in [-0.4, -0.2) is 77.3 Å². The fraction of sp³-hybridized carbons (Fsp3) is 0.417. The van der Waals surface area contributed by atoms with Crippen LogP contribution in [0.2, 0.25) is 0 Å². The number of ketones is 2. The molecular formula is C24H36Cl2N4O8S2. The van der Waals surface area contributed by atoms with Gasteiger partial charge in [0.1, 0.15) is 11.5 Å². The lowest BCUT2D eigenvalue weighted by molar-refractivity contribution is 0.0983. The maximum Gasteiger partial charge on any atom is 0.229 e. The molecule has 0 amide bonds. The summed E-state index contributed by atoms with van der Waals surface area (Å²) in [5, 5.41) is 25.6. The molecule has 0 saturated carbocycles. The molecule has 0 atom stereocenters. The zero-order chi connectivity index (χ0) is 28.3. The van der Waals surface area contributed by atoms with Crippen LogP contribution < -0.4 is 20.1 Å². The minimum Gasteiger partial charge on any atom is -0.506 e. The van der Waals surface area contributed by atoms with Crippen LogP contribution in [0.15, 0.2) is 36.4 Å². The molecule has 0 spiro atoms. The number of Topliss-reactive ketones (excluding diaryl/α,β-unsaturated/α-hetero) is 2. The molecule has 0 aliphatic rings. The molecule has 0 heterocycles. The van der Waals surface area contributed by atoms with Crippen molar-refractivity contribution in [3.63, 3.8) is 0 Å². The average Bonchev–Trinajstić information content (AvgIpc) is 2.81. The molecule has 2 rings (SSSR count). The molecule has 0 radical (unpaired) electrons. The third kappa shape index (κ3) is 14.1. The van der Waals surface area contributed by atoms with E-state index in [-0.39, 0.29) is 83.5 Å². The Morgan fingerprint density at radius 1 is 0.650 bits per heavy atom. The van der Waals surface area contributed by atoms with E-state index in [1.807, 2.05) is 0 Å². The van der Waals surface area contributed by atoms with Gasteiger partial charge in [-0.2, -0.15) is 0 Å². The number of phenolic OH excluding ortho intramolecular Hbond substituents is 2. The first-order valence-electron chi connectivity index (χ1n) is 11.8. The van der Waals surface area contributed by atoms with Crippen LogP contribution in [0.1, 0.15) is 46.4 Å². The molecule has 12 nitrogen and oxygen atoms in total. The van der Waals surface area contributed by atoms with E-state index in [4.69, 9.17) is 0 Å². The first kappa shape index (κ1) is 37.4. The van der Waals surface area contributed by atoms with E-state index >= 15 is 0 Å². The number of anilines is 2. The van der Waals surface area contributed by atoms with Crippen molar-refractivity contribution in [1.82, 2.24) is 10.6 Å². The molecule has 0 aliphatic carbocycles. The summed E-state index contributed by atoms with van der Waals surface area (Å²) in [6.07, 6.45) is 5.41. The quantitative estimate of drug-likeness (QED) is 0.0848. The Morgan fingerprint density at radius 3 is 1.32 bits per heavy atom. The summed E-state index contributed by atoms with van der Waals surface area (Å²) in [4.78, 5) is 24.7. The number of hydrogen-bond donors (Lipinski definition) is 6. The molecule has 0 aromatic heterocycles. The third-order valence-electron chi connectivity index (χ3n) is 5.26. The number of phenols is 2. The van der Waals surface area contributed by atoms with Crippen molar-refractivity contribution in [3.05, 3.63) is 47.5 Å². The van der Waals surface area contributed by atoms with Gasteiger partial charge in [-0.1, -0.05) is 12.8 Å². The van der Waals surface area contributed by atoms with Crippen molar-refractivity contribution in [1.29, 1.82) is 0 Å². The van der Waals surface area contributed by atoms with E-state index in [1.165, 1.54) is 36.4 Å². The second-order valence-electron chi connectivity index (χ2n) is 8.83. The molecule has 40 heavy (non-hydrogen) atoms. The minimum absolute atomic E-state index is 0. The molecule has 2 aromatic rings. The predicted octanol–water partition coefficient (Wildman–Crippen LogP) is 2.49. The molecule has 0 saturated heterocycles. The number of rotatable bonds is 17. The number of halogens is 2. The van der Waals surface area contributed by atoms with Gasteiger partial charge in [-0.05, 0) is 62.3 Å². The smallest absolute Gasteiger partial charge is 0.229 e. The van der Waals surface area contributed by atoms with Gasteiger partial charge < -0.3 is 20.8 Å². The topological polar surface area (TPSA) is 191 Å². The lowest BCUT2D eigenvalue weighted by atomic mass is 10.1. The molecule has 2 aromatic carbocycles. The number of nitrogens with one attached hydrogen (secondary N) is 4. The van der Waals surface area contributed by atoms with Crippen LogP contribution in [0.4, 0.5) is 11.4 Å². The van der Waals surface area contributed by atoms with Crippen molar-refractivity contribution < 1.29 is 36.6 Å². The number of benzene rings is 2. The maximum atomic E-state index is 12.3. The number of hydrogen-bond acceptors (Lipinski definition) is 10. The van der Waals surface area contributed by atoms with Gasteiger partial charge in [0.25, 0.3) is 0 Å². The predicted molar refractivity (Wildman–Crippen MR) is 161 cm³/mol. The first-order valence-corrected chi connectivity index (χ1v) is 15.6. The van der Waals surface area contributed by atoms with Crippen LogP contribution in [0, 0.1) is 0 Å². The van der Waals surface area contributed by atoms with Crippen molar-refractivity contribution in [2.24, 2.45) is 0 Å². The van der Waals surface area contributed by atoms with E-state index in [1.54, 1.807) is 0 Å². The summed E-state index contributed by atoms with van der Waals surface area (Å²) in [5.41, 5.74) is 0.449.